The molecule has 1 aromatic heterocycles. The Bertz CT molecular complexity index is 430. The maximum Gasteiger partial charge on any atom is 0.288 e. The molecule has 4 heteroatoms. The van der Waals surface area contributed by atoms with Crippen molar-refractivity contribution < 1.29 is 4.68 Å². The third-order valence-corrected chi connectivity index (χ3v) is 1.78. The second kappa shape index (κ2) is 3.83. The van der Waals surface area contributed by atoms with Crippen LogP contribution in [0.1, 0.15) is 5.56 Å². The highest BCUT2D eigenvalue weighted by Gasteiger charge is 1.96. The smallest absolute Gasteiger partial charge is 0.116 e. The molecule has 1 aromatic carbocycles. The van der Waals surface area contributed by atoms with Gasteiger partial charge < -0.3 is 0 Å². The molecule has 0 atom stereocenters. The molecule has 2 rings (SSSR count). The maximum atomic E-state index is 4.21. The summed E-state index contributed by atoms with van der Waals surface area (Å²) in [6.07, 6.45) is 5.24. The van der Waals surface area contributed by atoms with E-state index in [4.69, 9.17) is 0 Å². The first kappa shape index (κ1) is 8.62. The molecule has 0 saturated carbocycles. The Balaban J connectivity index is 2.15. The molecular formula is C10H11N4+. The van der Waals surface area contributed by atoms with E-state index in [-0.39, 0.29) is 0 Å². The van der Waals surface area contributed by atoms with Gasteiger partial charge in [0.2, 0.25) is 6.33 Å². The van der Waals surface area contributed by atoms with E-state index in [0.717, 1.165) is 5.56 Å². The fraction of sp³-hybridized carbons (Fsp3) is 0.100. The largest absolute Gasteiger partial charge is 0.288 e. The van der Waals surface area contributed by atoms with Crippen LogP contribution < -0.4 is 4.68 Å². The summed E-state index contributed by atoms with van der Waals surface area (Å²) in [5, 5.41) is 8.20. The summed E-state index contributed by atoms with van der Waals surface area (Å²) in [7, 11) is 1.86. The number of nitrogens with zero attached hydrogens (tertiary/aromatic N) is 4. The van der Waals surface area contributed by atoms with Gasteiger partial charge in [-0.25, -0.2) is 0 Å². The Kier molecular flexibility index (Phi) is 2.36. The normalized spacial score (nSPS) is 10.9. The van der Waals surface area contributed by atoms with Crippen molar-refractivity contribution in [1.29, 1.82) is 0 Å². The molecule has 0 N–H and O–H groups in total. The van der Waals surface area contributed by atoms with Crippen molar-refractivity contribution in [3.05, 3.63) is 48.5 Å². The minimum atomic E-state index is 1.07. The topological polar surface area (TPSA) is 34.1 Å². The van der Waals surface area contributed by atoms with Crippen LogP contribution in [-0.2, 0) is 7.05 Å². The van der Waals surface area contributed by atoms with Gasteiger partial charge >= 0.3 is 0 Å². The molecule has 2 aromatic rings. The third-order valence-electron chi connectivity index (χ3n) is 1.78. The highest BCUT2D eigenvalue weighted by molar-refractivity contribution is 5.78. The average Bonchev–Trinajstić information content (AvgIpc) is 2.63. The first-order valence-electron chi connectivity index (χ1n) is 4.34. The molecule has 0 spiro atoms. The third kappa shape index (κ3) is 2.04. The van der Waals surface area contributed by atoms with Gasteiger partial charge in [0.15, 0.2) is 0 Å². The van der Waals surface area contributed by atoms with Crippen molar-refractivity contribution in [3.8, 4) is 0 Å². The first-order chi connectivity index (χ1) is 6.84. The second-order valence-corrected chi connectivity index (χ2v) is 2.96. The molecule has 0 amide bonds. The van der Waals surface area contributed by atoms with E-state index in [1.54, 1.807) is 28.2 Å². The maximum absolute atomic E-state index is 4.21. The minimum absolute atomic E-state index is 1.07. The zero-order valence-electron chi connectivity index (χ0n) is 7.91. The Morgan fingerprint density at radius 1 is 1.36 bits per heavy atom. The molecule has 0 aliphatic heterocycles. The summed E-state index contributed by atoms with van der Waals surface area (Å²) < 4.78 is 3.36. The molecule has 70 valence electrons. The predicted octanol–water partition coefficient (Wildman–Crippen LogP) is 0.590. The van der Waals surface area contributed by atoms with Crippen LogP contribution in [0.2, 0.25) is 0 Å². The van der Waals surface area contributed by atoms with Crippen molar-refractivity contribution in [3.63, 3.8) is 0 Å². The van der Waals surface area contributed by atoms with Crippen molar-refractivity contribution in [2.24, 2.45) is 12.1 Å². The SMILES string of the molecule is Cn1c[n+](N=Cc2ccccc2)cn1. The summed E-state index contributed by atoms with van der Waals surface area (Å²) >= 11 is 0. The van der Waals surface area contributed by atoms with Crippen molar-refractivity contribution >= 4 is 6.21 Å². The van der Waals surface area contributed by atoms with Gasteiger partial charge in [0.05, 0.1) is 13.3 Å². The number of aryl methyl sites for hydroxylation is 1. The summed E-state index contributed by atoms with van der Waals surface area (Å²) in [5.41, 5.74) is 1.07. The molecule has 4 nitrogen and oxygen atoms in total. The molecule has 0 aliphatic rings. The van der Waals surface area contributed by atoms with E-state index in [2.05, 4.69) is 10.2 Å². The average molecular weight is 187 g/mol. The van der Waals surface area contributed by atoms with Gasteiger partial charge in [-0.2, -0.15) is 0 Å². The predicted molar refractivity (Wildman–Crippen MR) is 52.8 cm³/mol. The highest BCUT2D eigenvalue weighted by atomic mass is 15.5. The van der Waals surface area contributed by atoms with Gasteiger partial charge in [-0.05, 0) is 5.56 Å². The molecule has 1 heterocycles. The number of benzene rings is 1. The van der Waals surface area contributed by atoms with Crippen LogP contribution >= 0.6 is 0 Å². The lowest BCUT2D eigenvalue weighted by Gasteiger charge is -1.87. The standard InChI is InChI=1S/C10H11N4/c1-13-9-14(8-12-13)11-7-10-5-3-2-4-6-10/h2-9H,1H3/q+1. The Morgan fingerprint density at radius 2 is 2.14 bits per heavy atom. The summed E-state index contributed by atoms with van der Waals surface area (Å²) in [6, 6.07) is 9.94. The Labute approximate surface area is 82.1 Å². The van der Waals surface area contributed by atoms with E-state index in [1.165, 1.54) is 0 Å². The van der Waals surface area contributed by atoms with Crippen molar-refractivity contribution in [2.75, 3.05) is 0 Å². The van der Waals surface area contributed by atoms with Crippen LogP contribution in [0, 0.1) is 0 Å². The van der Waals surface area contributed by atoms with Crippen LogP contribution in [-0.4, -0.2) is 16.0 Å². The van der Waals surface area contributed by atoms with Crippen LogP contribution in [0.15, 0.2) is 48.1 Å². The van der Waals surface area contributed by atoms with E-state index >= 15 is 0 Å². The van der Waals surface area contributed by atoms with Gasteiger partial charge in [0, 0.05) is 5.10 Å². The lowest BCUT2D eigenvalue weighted by molar-refractivity contribution is -0.679. The molecule has 0 fully saturated rings. The van der Waals surface area contributed by atoms with E-state index in [0.29, 0.717) is 0 Å². The van der Waals surface area contributed by atoms with Gasteiger partial charge in [0.25, 0.3) is 6.33 Å². The Morgan fingerprint density at radius 3 is 2.79 bits per heavy atom. The minimum Gasteiger partial charge on any atom is -0.116 e. The van der Waals surface area contributed by atoms with Crippen LogP contribution in [0.25, 0.3) is 0 Å². The lowest BCUT2D eigenvalue weighted by Crippen LogP contribution is -2.24. The molecule has 0 bridgehead atoms. The number of aromatic nitrogens is 3. The molecule has 0 unspecified atom stereocenters. The van der Waals surface area contributed by atoms with Gasteiger partial charge in [-0.1, -0.05) is 30.3 Å². The van der Waals surface area contributed by atoms with Crippen molar-refractivity contribution in [2.45, 2.75) is 0 Å². The summed E-state index contributed by atoms with van der Waals surface area (Å²) in [5.74, 6) is 0. The second-order valence-electron chi connectivity index (χ2n) is 2.96. The molecule has 0 radical (unpaired) electrons. The van der Waals surface area contributed by atoms with Crippen molar-refractivity contribution in [1.82, 2.24) is 9.78 Å². The van der Waals surface area contributed by atoms with Gasteiger partial charge in [0.1, 0.15) is 0 Å². The lowest BCUT2D eigenvalue weighted by atomic mass is 10.2. The molecule has 0 saturated heterocycles. The molecule has 0 aliphatic carbocycles. The van der Waals surface area contributed by atoms with Crippen LogP contribution in [0.3, 0.4) is 0 Å². The highest BCUT2D eigenvalue weighted by Crippen LogP contribution is 1.92. The van der Waals surface area contributed by atoms with E-state index < -0.39 is 0 Å². The molecule has 14 heavy (non-hydrogen) atoms. The zero-order valence-corrected chi connectivity index (χ0v) is 7.91. The quantitative estimate of drug-likeness (QED) is 0.500. The van der Waals surface area contributed by atoms with Crippen LogP contribution in [0.4, 0.5) is 0 Å². The first-order valence-corrected chi connectivity index (χ1v) is 4.34. The fourth-order valence-electron chi connectivity index (χ4n) is 1.10. The number of rotatable bonds is 2. The summed E-state index contributed by atoms with van der Waals surface area (Å²) in [4.78, 5) is 0. The monoisotopic (exact) mass is 187 g/mol. The fourth-order valence-corrected chi connectivity index (χ4v) is 1.10. The zero-order chi connectivity index (χ0) is 9.80. The van der Waals surface area contributed by atoms with Gasteiger partial charge in [-0.3, -0.25) is 0 Å². The van der Waals surface area contributed by atoms with E-state index in [1.807, 2.05) is 37.4 Å². The van der Waals surface area contributed by atoms with Gasteiger partial charge in [-0.15, -0.1) is 14.5 Å². The summed E-state index contributed by atoms with van der Waals surface area (Å²) in [6.45, 7) is 0. The Hall–Kier alpha value is -1.97. The van der Waals surface area contributed by atoms with Crippen LogP contribution in [0.5, 0.6) is 0 Å². The number of hydrogen-bond donors (Lipinski definition) is 0. The number of hydrogen-bond acceptors (Lipinski definition) is 2. The van der Waals surface area contributed by atoms with E-state index in [9.17, 15) is 0 Å². The molecular weight excluding hydrogens is 176 g/mol.